The number of nitrogens with one attached hydrogen (secondary N) is 2. The van der Waals surface area contributed by atoms with E-state index < -0.39 is 9.84 Å². The van der Waals surface area contributed by atoms with Gasteiger partial charge in [0.05, 0.1) is 18.1 Å². The lowest BCUT2D eigenvalue weighted by Gasteiger charge is -2.16. The molecule has 0 radical (unpaired) electrons. The molecule has 1 saturated heterocycles. The van der Waals surface area contributed by atoms with Gasteiger partial charge in [0.1, 0.15) is 12.4 Å². The fourth-order valence-corrected chi connectivity index (χ4v) is 4.71. The zero-order valence-corrected chi connectivity index (χ0v) is 16.6. The van der Waals surface area contributed by atoms with Gasteiger partial charge in [-0.2, -0.15) is 0 Å². The van der Waals surface area contributed by atoms with E-state index in [0.717, 1.165) is 16.9 Å². The topological polar surface area (TPSA) is 89.0 Å². The van der Waals surface area contributed by atoms with Crippen molar-refractivity contribution in [2.45, 2.75) is 19.9 Å². The number of hydrogen-bond acceptors (Lipinski definition) is 5. The summed E-state index contributed by atoms with van der Waals surface area (Å²) >= 11 is 0. The molecule has 1 heterocycles. The number of methoxy groups -OCH3 is 1. The van der Waals surface area contributed by atoms with E-state index in [9.17, 15) is 8.42 Å². The van der Waals surface area contributed by atoms with Crippen molar-refractivity contribution in [1.82, 2.24) is 10.6 Å². The van der Waals surface area contributed by atoms with E-state index in [2.05, 4.69) is 15.6 Å². The predicted molar refractivity (Wildman–Crippen MR) is 104 cm³/mol. The Hall–Kier alpha value is -1.80. The molecule has 146 valence electrons. The Morgan fingerprint density at radius 3 is 2.77 bits per heavy atom. The van der Waals surface area contributed by atoms with Crippen LogP contribution in [0.4, 0.5) is 0 Å². The van der Waals surface area contributed by atoms with Crippen LogP contribution in [0.2, 0.25) is 0 Å². The maximum absolute atomic E-state index is 11.5. The highest BCUT2D eigenvalue weighted by Gasteiger charge is 2.27. The van der Waals surface area contributed by atoms with Crippen LogP contribution < -0.4 is 15.4 Å². The molecule has 1 unspecified atom stereocenters. The summed E-state index contributed by atoms with van der Waals surface area (Å²) in [6, 6.07) is 6.08. The molecule has 1 aromatic carbocycles. The first-order valence-electron chi connectivity index (χ1n) is 8.79. The monoisotopic (exact) mass is 383 g/mol. The summed E-state index contributed by atoms with van der Waals surface area (Å²) in [6.45, 7) is 4.22. The van der Waals surface area contributed by atoms with E-state index in [-0.39, 0.29) is 17.4 Å². The number of hydrogen-bond donors (Lipinski definition) is 2. The lowest BCUT2D eigenvalue weighted by atomic mass is 10.1. The van der Waals surface area contributed by atoms with Crippen molar-refractivity contribution in [3.05, 3.63) is 29.3 Å². The third-order valence-electron chi connectivity index (χ3n) is 4.32. The molecule has 2 rings (SSSR count). The summed E-state index contributed by atoms with van der Waals surface area (Å²) in [5.74, 6) is 2.17. The first-order valence-corrected chi connectivity index (χ1v) is 10.6. The molecule has 0 aliphatic carbocycles. The normalized spacial score (nSPS) is 19.3. The van der Waals surface area contributed by atoms with E-state index in [4.69, 9.17) is 9.47 Å². The van der Waals surface area contributed by atoms with Crippen LogP contribution in [0.1, 0.15) is 17.5 Å². The second-order valence-corrected chi connectivity index (χ2v) is 8.76. The van der Waals surface area contributed by atoms with E-state index in [1.807, 2.05) is 25.1 Å². The average molecular weight is 384 g/mol. The SMILES string of the molecule is CN=C(NCc1ccc(C)cc1OCCOC)NCC1CCS(=O)(=O)C1. The van der Waals surface area contributed by atoms with Crippen LogP contribution in [0, 0.1) is 12.8 Å². The van der Waals surface area contributed by atoms with Gasteiger partial charge in [0.25, 0.3) is 0 Å². The number of nitrogens with zero attached hydrogens (tertiary/aromatic N) is 1. The molecular formula is C18H29N3O4S. The molecule has 1 aliphatic heterocycles. The Balaban J connectivity index is 1.87. The molecule has 1 aromatic rings. The minimum atomic E-state index is -2.85. The van der Waals surface area contributed by atoms with E-state index in [1.54, 1.807) is 14.2 Å². The number of guanidine groups is 1. The summed E-state index contributed by atoms with van der Waals surface area (Å²) in [6.07, 6.45) is 0.710. The molecule has 0 bridgehead atoms. The van der Waals surface area contributed by atoms with Crippen molar-refractivity contribution >= 4 is 15.8 Å². The number of rotatable bonds is 8. The zero-order valence-electron chi connectivity index (χ0n) is 15.7. The van der Waals surface area contributed by atoms with Crippen molar-refractivity contribution in [3.63, 3.8) is 0 Å². The van der Waals surface area contributed by atoms with E-state index in [1.165, 1.54) is 0 Å². The maximum atomic E-state index is 11.5. The van der Waals surface area contributed by atoms with E-state index in [0.29, 0.717) is 38.7 Å². The van der Waals surface area contributed by atoms with Crippen molar-refractivity contribution in [3.8, 4) is 5.75 Å². The summed E-state index contributed by atoms with van der Waals surface area (Å²) in [5.41, 5.74) is 2.16. The van der Waals surface area contributed by atoms with Gasteiger partial charge in [-0.3, -0.25) is 4.99 Å². The quantitative estimate of drug-likeness (QED) is 0.397. The zero-order chi connectivity index (χ0) is 19.0. The number of aryl methyl sites for hydroxylation is 1. The van der Waals surface area contributed by atoms with Crippen LogP contribution >= 0.6 is 0 Å². The Morgan fingerprint density at radius 1 is 1.31 bits per heavy atom. The number of ether oxygens (including phenoxy) is 2. The highest BCUT2D eigenvalue weighted by molar-refractivity contribution is 7.91. The fourth-order valence-electron chi connectivity index (χ4n) is 2.85. The molecule has 7 nitrogen and oxygen atoms in total. The summed E-state index contributed by atoms with van der Waals surface area (Å²) < 4.78 is 33.9. The minimum Gasteiger partial charge on any atom is -0.491 e. The fraction of sp³-hybridized carbons (Fsp3) is 0.611. The molecule has 1 atom stereocenters. The van der Waals surface area contributed by atoms with Gasteiger partial charge in [0.15, 0.2) is 15.8 Å². The number of aliphatic imine (C=N–C) groups is 1. The summed E-state index contributed by atoms with van der Waals surface area (Å²) in [5, 5.41) is 6.48. The van der Waals surface area contributed by atoms with Gasteiger partial charge < -0.3 is 20.1 Å². The Morgan fingerprint density at radius 2 is 2.12 bits per heavy atom. The van der Waals surface area contributed by atoms with Gasteiger partial charge in [0.2, 0.25) is 0 Å². The third-order valence-corrected chi connectivity index (χ3v) is 6.16. The van der Waals surface area contributed by atoms with Crippen LogP contribution in [0.25, 0.3) is 0 Å². The molecular weight excluding hydrogens is 354 g/mol. The minimum absolute atomic E-state index is 0.144. The van der Waals surface area contributed by atoms with Gasteiger partial charge in [0, 0.05) is 32.8 Å². The van der Waals surface area contributed by atoms with Gasteiger partial charge >= 0.3 is 0 Å². The highest BCUT2D eigenvalue weighted by atomic mass is 32.2. The van der Waals surface area contributed by atoms with Gasteiger partial charge in [-0.15, -0.1) is 0 Å². The van der Waals surface area contributed by atoms with Crippen LogP contribution in [-0.2, 0) is 21.1 Å². The van der Waals surface area contributed by atoms with E-state index >= 15 is 0 Å². The van der Waals surface area contributed by atoms with Crippen molar-refractivity contribution < 1.29 is 17.9 Å². The van der Waals surface area contributed by atoms with Crippen LogP contribution in [0.3, 0.4) is 0 Å². The maximum Gasteiger partial charge on any atom is 0.191 e. The third kappa shape index (κ3) is 6.49. The second-order valence-electron chi connectivity index (χ2n) is 6.53. The molecule has 2 N–H and O–H groups in total. The number of sulfone groups is 1. The van der Waals surface area contributed by atoms with Gasteiger partial charge in [-0.1, -0.05) is 12.1 Å². The molecule has 26 heavy (non-hydrogen) atoms. The average Bonchev–Trinajstić information content (AvgIpc) is 2.95. The van der Waals surface area contributed by atoms with Crippen LogP contribution in [0.15, 0.2) is 23.2 Å². The molecule has 0 aromatic heterocycles. The Bertz CT molecular complexity index is 719. The standard InChI is InChI=1S/C18H29N3O4S/c1-14-4-5-16(17(10-14)25-8-7-24-3)12-21-18(19-2)20-11-15-6-9-26(22,23)13-15/h4-5,10,15H,6-9,11-13H2,1-3H3,(H2,19,20,21). The molecule has 1 aliphatic rings. The molecule has 1 fully saturated rings. The Labute approximate surface area is 156 Å². The molecule has 0 spiro atoms. The van der Waals surface area contributed by atoms with Crippen molar-refractivity contribution in [1.29, 1.82) is 0 Å². The molecule has 0 saturated carbocycles. The largest absolute Gasteiger partial charge is 0.491 e. The van der Waals surface area contributed by atoms with Crippen LogP contribution in [0.5, 0.6) is 5.75 Å². The predicted octanol–water partition coefficient (Wildman–Crippen LogP) is 1.12. The number of benzene rings is 1. The van der Waals surface area contributed by atoms with Gasteiger partial charge in [-0.25, -0.2) is 8.42 Å². The lowest BCUT2D eigenvalue weighted by molar-refractivity contribution is 0.145. The summed E-state index contributed by atoms with van der Waals surface area (Å²) in [7, 11) is 0.493. The summed E-state index contributed by atoms with van der Waals surface area (Å²) in [4.78, 5) is 4.21. The second kappa shape index (κ2) is 9.78. The molecule has 0 amide bonds. The van der Waals surface area contributed by atoms with Crippen LogP contribution in [-0.4, -0.2) is 59.8 Å². The highest BCUT2D eigenvalue weighted by Crippen LogP contribution is 2.20. The van der Waals surface area contributed by atoms with Crippen molar-refractivity contribution in [2.24, 2.45) is 10.9 Å². The lowest BCUT2D eigenvalue weighted by Crippen LogP contribution is -2.39. The smallest absolute Gasteiger partial charge is 0.191 e. The molecule has 8 heteroatoms. The first kappa shape index (κ1) is 20.5. The first-order chi connectivity index (χ1) is 12.4. The van der Waals surface area contributed by atoms with Crippen molar-refractivity contribution in [2.75, 3.05) is 45.4 Å². The van der Waals surface area contributed by atoms with Gasteiger partial charge in [-0.05, 0) is 30.9 Å². The Kier molecular flexibility index (Phi) is 7.71.